The van der Waals surface area contributed by atoms with Crippen molar-refractivity contribution in [2.24, 2.45) is 0 Å². The molecule has 7 heteroatoms. The smallest absolute Gasteiger partial charge is 0.355 e. The molecule has 0 saturated carbocycles. The molecule has 0 saturated heterocycles. The Morgan fingerprint density at radius 3 is 2.71 bits per heavy atom. The standard InChI is InChI=1S/C10H14N2O4S/c1-2-12(4-3-5-13)9(14)8-11-7(6-17-8)10(15)16/h6,13H,2-5H2,1H3,(H,15,16). The van der Waals surface area contributed by atoms with Gasteiger partial charge in [-0.2, -0.15) is 0 Å². The maximum absolute atomic E-state index is 11.9. The first kappa shape index (κ1) is 13.6. The Hall–Kier alpha value is -1.47. The first-order valence-electron chi connectivity index (χ1n) is 5.19. The van der Waals surface area contributed by atoms with Crippen molar-refractivity contribution in [1.82, 2.24) is 9.88 Å². The molecule has 0 atom stereocenters. The first-order chi connectivity index (χ1) is 8.10. The molecule has 1 amide bonds. The summed E-state index contributed by atoms with van der Waals surface area (Å²) in [6, 6.07) is 0. The predicted molar refractivity (Wildman–Crippen MR) is 62.4 cm³/mol. The van der Waals surface area contributed by atoms with Crippen LogP contribution in [0.2, 0.25) is 0 Å². The Morgan fingerprint density at radius 1 is 1.53 bits per heavy atom. The van der Waals surface area contributed by atoms with Gasteiger partial charge in [0.2, 0.25) is 0 Å². The van der Waals surface area contributed by atoms with Crippen molar-refractivity contribution >= 4 is 23.2 Å². The van der Waals surface area contributed by atoms with Gasteiger partial charge in [0.1, 0.15) is 0 Å². The highest BCUT2D eigenvalue weighted by Crippen LogP contribution is 2.12. The number of hydrogen-bond acceptors (Lipinski definition) is 5. The van der Waals surface area contributed by atoms with Crippen LogP contribution in [0.15, 0.2) is 5.38 Å². The van der Waals surface area contributed by atoms with Gasteiger partial charge >= 0.3 is 5.97 Å². The van der Waals surface area contributed by atoms with E-state index >= 15 is 0 Å². The minimum Gasteiger partial charge on any atom is -0.476 e. The molecule has 1 aromatic heterocycles. The molecule has 0 aromatic carbocycles. The van der Waals surface area contributed by atoms with E-state index in [1.807, 2.05) is 6.92 Å². The van der Waals surface area contributed by atoms with Gasteiger partial charge in [0.25, 0.3) is 5.91 Å². The fraction of sp³-hybridized carbons (Fsp3) is 0.500. The number of carbonyl (C=O) groups is 2. The molecule has 94 valence electrons. The highest BCUT2D eigenvalue weighted by atomic mass is 32.1. The van der Waals surface area contributed by atoms with Crippen molar-refractivity contribution in [3.8, 4) is 0 Å². The third kappa shape index (κ3) is 3.50. The Bertz CT molecular complexity index is 405. The lowest BCUT2D eigenvalue weighted by Gasteiger charge is -2.18. The van der Waals surface area contributed by atoms with E-state index in [9.17, 15) is 9.59 Å². The van der Waals surface area contributed by atoms with Gasteiger partial charge in [-0.15, -0.1) is 11.3 Å². The summed E-state index contributed by atoms with van der Waals surface area (Å²) in [6.07, 6.45) is 0.497. The number of nitrogens with zero attached hydrogens (tertiary/aromatic N) is 2. The zero-order valence-corrected chi connectivity index (χ0v) is 10.2. The van der Waals surface area contributed by atoms with E-state index in [1.54, 1.807) is 0 Å². The topological polar surface area (TPSA) is 90.7 Å². The molecule has 0 aliphatic heterocycles. The first-order valence-corrected chi connectivity index (χ1v) is 6.07. The maximum Gasteiger partial charge on any atom is 0.355 e. The summed E-state index contributed by atoms with van der Waals surface area (Å²) in [5.41, 5.74) is -0.114. The van der Waals surface area contributed by atoms with E-state index in [4.69, 9.17) is 10.2 Å². The number of aromatic nitrogens is 1. The van der Waals surface area contributed by atoms with Gasteiger partial charge in [-0.1, -0.05) is 0 Å². The third-order valence-corrected chi connectivity index (χ3v) is 2.99. The minimum atomic E-state index is -1.14. The Balaban J connectivity index is 2.75. The summed E-state index contributed by atoms with van der Waals surface area (Å²) in [4.78, 5) is 27.8. The fourth-order valence-electron chi connectivity index (χ4n) is 1.27. The van der Waals surface area contributed by atoms with Crippen LogP contribution in [-0.2, 0) is 0 Å². The summed E-state index contributed by atoms with van der Waals surface area (Å²) in [5, 5.41) is 18.9. The molecule has 0 aliphatic rings. The fourth-order valence-corrected chi connectivity index (χ4v) is 2.03. The molecular formula is C10H14N2O4S. The molecule has 1 aromatic rings. The summed E-state index contributed by atoms with van der Waals surface area (Å²) in [7, 11) is 0. The van der Waals surface area contributed by atoms with E-state index in [2.05, 4.69) is 4.98 Å². The van der Waals surface area contributed by atoms with Crippen LogP contribution in [0.1, 0.15) is 33.6 Å². The Morgan fingerprint density at radius 2 is 2.24 bits per heavy atom. The van der Waals surface area contributed by atoms with E-state index in [0.717, 1.165) is 11.3 Å². The number of hydrogen-bond donors (Lipinski definition) is 2. The average Bonchev–Trinajstić information content (AvgIpc) is 2.79. The summed E-state index contributed by atoms with van der Waals surface area (Å²) in [5.74, 6) is -1.43. The number of aliphatic hydroxyl groups excluding tert-OH is 1. The van der Waals surface area contributed by atoms with E-state index < -0.39 is 5.97 Å². The van der Waals surface area contributed by atoms with Gasteiger partial charge in [0.15, 0.2) is 10.7 Å². The van der Waals surface area contributed by atoms with Gasteiger partial charge in [0, 0.05) is 25.1 Å². The van der Waals surface area contributed by atoms with Crippen molar-refractivity contribution < 1.29 is 19.8 Å². The highest BCUT2D eigenvalue weighted by molar-refractivity contribution is 7.11. The number of thiazole rings is 1. The van der Waals surface area contributed by atoms with Crippen molar-refractivity contribution in [2.45, 2.75) is 13.3 Å². The van der Waals surface area contributed by atoms with Crippen LogP contribution >= 0.6 is 11.3 Å². The normalized spacial score (nSPS) is 10.2. The van der Waals surface area contributed by atoms with Gasteiger partial charge < -0.3 is 15.1 Å². The number of aromatic carboxylic acids is 1. The number of carboxylic acids is 1. The third-order valence-electron chi connectivity index (χ3n) is 2.16. The van der Waals surface area contributed by atoms with Crippen LogP contribution < -0.4 is 0 Å². The van der Waals surface area contributed by atoms with Crippen LogP contribution in [0, 0.1) is 0 Å². The molecule has 6 nitrogen and oxygen atoms in total. The number of carboxylic acid groups (broad SMARTS) is 1. The van der Waals surface area contributed by atoms with Crippen molar-refractivity contribution in [3.63, 3.8) is 0 Å². The number of amides is 1. The second-order valence-electron chi connectivity index (χ2n) is 3.31. The van der Waals surface area contributed by atoms with Gasteiger partial charge in [-0.25, -0.2) is 9.78 Å². The average molecular weight is 258 g/mol. The van der Waals surface area contributed by atoms with Crippen LogP contribution in [0.3, 0.4) is 0 Å². The van der Waals surface area contributed by atoms with Crippen molar-refractivity contribution in [2.75, 3.05) is 19.7 Å². The molecule has 17 heavy (non-hydrogen) atoms. The quantitative estimate of drug-likeness (QED) is 0.783. The number of carbonyl (C=O) groups excluding carboxylic acids is 1. The van der Waals surface area contributed by atoms with Gasteiger partial charge in [0.05, 0.1) is 0 Å². The van der Waals surface area contributed by atoms with E-state index in [0.29, 0.717) is 19.5 Å². The van der Waals surface area contributed by atoms with Gasteiger partial charge in [-0.05, 0) is 13.3 Å². The molecule has 0 unspecified atom stereocenters. The number of rotatable bonds is 6. The van der Waals surface area contributed by atoms with Gasteiger partial charge in [-0.3, -0.25) is 4.79 Å². The van der Waals surface area contributed by atoms with Crippen molar-refractivity contribution in [3.05, 3.63) is 16.1 Å². The Labute approximate surface area is 103 Å². The van der Waals surface area contributed by atoms with Crippen LogP contribution in [0.4, 0.5) is 0 Å². The lowest BCUT2D eigenvalue weighted by Crippen LogP contribution is -2.32. The zero-order chi connectivity index (χ0) is 12.8. The summed E-state index contributed by atoms with van der Waals surface area (Å²) in [6.45, 7) is 2.78. The Kier molecular flexibility index (Phi) is 5.05. The van der Waals surface area contributed by atoms with E-state index in [-0.39, 0.29) is 23.2 Å². The maximum atomic E-state index is 11.9. The SMILES string of the molecule is CCN(CCCO)C(=O)c1nc(C(=O)O)cs1. The molecule has 0 bridgehead atoms. The molecule has 0 fully saturated rings. The summed E-state index contributed by atoms with van der Waals surface area (Å²) < 4.78 is 0. The largest absolute Gasteiger partial charge is 0.476 e. The molecule has 0 spiro atoms. The lowest BCUT2D eigenvalue weighted by molar-refractivity contribution is 0.0691. The lowest BCUT2D eigenvalue weighted by atomic mass is 10.3. The molecule has 0 aliphatic carbocycles. The molecular weight excluding hydrogens is 244 g/mol. The monoisotopic (exact) mass is 258 g/mol. The molecule has 1 rings (SSSR count). The highest BCUT2D eigenvalue weighted by Gasteiger charge is 2.19. The second-order valence-corrected chi connectivity index (χ2v) is 4.16. The predicted octanol–water partition coefficient (Wildman–Crippen LogP) is 0.686. The van der Waals surface area contributed by atoms with Crippen LogP contribution in [-0.4, -0.2) is 51.7 Å². The molecule has 0 radical (unpaired) electrons. The van der Waals surface area contributed by atoms with Crippen molar-refractivity contribution in [1.29, 1.82) is 0 Å². The molecule has 2 N–H and O–H groups in total. The zero-order valence-electron chi connectivity index (χ0n) is 9.42. The summed E-state index contributed by atoms with van der Waals surface area (Å²) >= 11 is 1.02. The number of aliphatic hydroxyl groups is 1. The second kappa shape index (κ2) is 6.31. The van der Waals surface area contributed by atoms with Crippen LogP contribution in [0.5, 0.6) is 0 Å². The minimum absolute atomic E-state index is 0.0159. The van der Waals surface area contributed by atoms with E-state index in [1.165, 1.54) is 10.3 Å². The van der Waals surface area contributed by atoms with Crippen LogP contribution in [0.25, 0.3) is 0 Å². The molecule has 1 heterocycles.